The van der Waals surface area contributed by atoms with Crippen LogP contribution in [0.5, 0.6) is 11.5 Å². The molecule has 0 aliphatic heterocycles. The van der Waals surface area contributed by atoms with Crippen molar-refractivity contribution in [3.63, 3.8) is 0 Å². The van der Waals surface area contributed by atoms with Gasteiger partial charge in [-0.15, -0.1) is 0 Å². The van der Waals surface area contributed by atoms with Crippen LogP contribution in [0.15, 0.2) is 65.1 Å². The van der Waals surface area contributed by atoms with Crippen LogP contribution in [0, 0.1) is 0 Å². The number of anilines is 1. The highest BCUT2D eigenvalue weighted by Gasteiger charge is 2.20. The van der Waals surface area contributed by atoms with E-state index in [-0.39, 0.29) is 17.9 Å². The van der Waals surface area contributed by atoms with Crippen molar-refractivity contribution in [1.82, 2.24) is 0 Å². The lowest BCUT2D eigenvalue weighted by molar-refractivity contribution is -0.136. The van der Waals surface area contributed by atoms with E-state index in [4.69, 9.17) is 32.7 Å². The van der Waals surface area contributed by atoms with Gasteiger partial charge in [0, 0.05) is 20.6 Å². The maximum Gasteiger partial charge on any atom is 0.349 e. The van der Waals surface area contributed by atoms with Gasteiger partial charge in [-0.3, -0.25) is 4.79 Å². The number of nitrogens with one attached hydrogen (secondary N) is 1. The molecule has 0 fully saturated rings. The Labute approximate surface area is 211 Å². The molecule has 8 heteroatoms. The fourth-order valence-corrected chi connectivity index (χ4v) is 3.67. The molecule has 3 rings (SSSR count). The van der Waals surface area contributed by atoms with Gasteiger partial charge in [-0.05, 0) is 66.1 Å². The van der Waals surface area contributed by atoms with Gasteiger partial charge in [0.2, 0.25) is 0 Å². The van der Waals surface area contributed by atoms with Crippen molar-refractivity contribution in [2.45, 2.75) is 26.2 Å². The van der Waals surface area contributed by atoms with Gasteiger partial charge >= 0.3 is 5.97 Å². The Morgan fingerprint density at radius 2 is 1.67 bits per heavy atom. The van der Waals surface area contributed by atoms with Gasteiger partial charge in [-0.25, -0.2) is 4.79 Å². The van der Waals surface area contributed by atoms with Gasteiger partial charge in [0.15, 0.2) is 6.61 Å². The van der Waals surface area contributed by atoms with E-state index in [1.165, 1.54) is 12.1 Å². The van der Waals surface area contributed by atoms with Gasteiger partial charge < -0.3 is 14.8 Å². The summed E-state index contributed by atoms with van der Waals surface area (Å²) in [5.74, 6) is -0.00634. The molecule has 5 nitrogen and oxygen atoms in total. The van der Waals surface area contributed by atoms with Crippen molar-refractivity contribution in [1.29, 1.82) is 0 Å². The molecule has 0 bridgehead atoms. The Balaban J connectivity index is 1.59. The van der Waals surface area contributed by atoms with Crippen molar-refractivity contribution in [2.75, 3.05) is 11.9 Å². The molecule has 0 aliphatic carbocycles. The number of ether oxygens (including phenoxy) is 2. The Morgan fingerprint density at radius 1 is 0.970 bits per heavy atom. The third-order valence-electron chi connectivity index (χ3n) is 4.62. The van der Waals surface area contributed by atoms with Crippen LogP contribution in [-0.4, -0.2) is 18.5 Å². The third-order valence-corrected chi connectivity index (χ3v) is 5.68. The van der Waals surface area contributed by atoms with Crippen LogP contribution in [0.3, 0.4) is 0 Å². The van der Waals surface area contributed by atoms with Crippen LogP contribution in [0.2, 0.25) is 10.0 Å². The summed E-state index contributed by atoms with van der Waals surface area (Å²) in [6.07, 6.45) is 0. The Kier molecular flexibility index (Phi) is 8.05. The van der Waals surface area contributed by atoms with E-state index >= 15 is 0 Å². The Bertz CT molecular complexity index is 1170. The molecule has 0 atom stereocenters. The number of carbonyl (C=O) groups excluding carboxylic acids is 2. The molecule has 0 spiro atoms. The molecule has 0 radical (unpaired) electrons. The summed E-state index contributed by atoms with van der Waals surface area (Å²) in [7, 11) is 0. The van der Waals surface area contributed by atoms with Crippen LogP contribution in [0.25, 0.3) is 0 Å². The molecule has 0 heterocycles. The van der Waals surface area contributed by atoms with Crippen LogP contribution < -0.4 is 14.8 Å². The molecule has 3 aromatic rings. The summed E-state index contributed by atoms with van der Waals surface area (Å²) in [4.78, 5) is 24.7. The summed E-state index contributed by atoms with van der Waals surface area (Å²) < 4.78 is 12.0. The summed E-state index contributed by atoms with van der Waals surface area (Å²) in [6.45, 7) is 5.95. The first-order chi connectivity index (χ1) is 15.5. The molecular formula is C25H22BrCl2NO4. The number of halogens is 3. The van der Waals surface area contributed by atoms with E-state index in [1.54, 1.807) is 30.3 Å². The van der Waals surface area contributed by atoms with Crippen LogP contribution >= 0.6 is 39.1 Å². The zero-order valence-electron chi connectivity index (χ0n) is 18.2. The number of hydrogen-bond donors (Lipinski definition) is 1. The van der Waals surface area contributed by atoms with Crippen LogP contribution in [-0.2, 0) is 10.2 Å². The van der Waals surface area contributed by atoms with E-state index in [2.05, 4.69) is 42.0 Å². The first kappa shape index (κ1) is 25.1. The molecule has 33 heavy (non-hydrogen) atoms. The lowest BCUT2D eigenvalue weighted by Gasteiger charge is -2.23. The standard InChI is InChI=1S/C25H22BrCl2NO4/c1-25(2,3)19-12-16(26)6-11-22(19)32-14-23(30)33-18-8-4-15(5-9-18)24(31)29-21-13-17(27)7-10-20(21)28/h4-13H,14H2,1-3H3,(H,29,31). The molecule has 0 saturated carbocycles. The quantitative estimate of drug-likeness (QED) is 0.258. The van der Waals surface area contributed by atoms with E-state index in [1.807, 2.05) is 18.2 Å². The molecule has 0 aromatic heterocycles. The zero-order valence-corrected chi connectivity index (χ0v) is 21.3. The molecule has 0 aliphatic rings. The number of carbonyl (C=O) groups is 2. The minimum Gasteiger partial charge on any atom is -0.482 e. The first-order valence-corrected chi connectivity index (χ1v) is 11.6. The fraction of sp³-hybridized carbons (Fsp3) is 0.200. The second-order valence-corrected chi connectivity index (χ2v) is 10.0. The average Bonchev–Trinajstić information content (AvgIpc) is 2.75. The minimum absolute atomic E-state index is 0.158. The lowest BCUT2D eigenvalue weighted by Crippen LogP contribution is -2.20. The van der Waals surface area contributed by atoms with E-state index < -0.39 is 5.97 Å². The SMILES string of the molecule is CC(C)(C)c1cc(Br)ccc1OCC(=O)Oc1ccc(C(=O)Nc2cc(Cl)ccc2Cl)cc1. The maximum absolute atomic E-state index is 12.5. The number of esters is 1. The second-order valence-electron chi connectivity index (χ2n) is 8.26. The summed E-state index contributed by atoms with van der Waals surface area (Å²) in [5.41, 5.74) is 1.59. The number of rotatable bonds is 6. The molecule has 1 amide bonds. The highest BCUT2D eigenvalue weighted by atomic mass is 79.9. The number of amides is 1. The molecule has 172 valence electrons. The summed E-state index contributed by atoms with van der Waals surface area (Å²) >= 11 is 15.5. The Morgan fingerprint density at radius 3 is 2.33 bits per heavy atom. The number of hydrogen-bond acceptors (Lipinski definition) is 4. The van der Waals surface area contributed by atoms with Crippen molar-refractivity contribution in [3.05, 3.63) is 86.3 Å². The average molecular weight is 551 g/mol. The van der Waals surface area contributed by atoms with E-state index in [9.17, 15) is 9.59 Å². The van der Waals surface area contributed by atoms with Gasteiger partial charge in [0.1, 0.15) is 11.5 Å². The summed E-state index contributed by atoms with van der Waals surface area (Å²) in [5, 5.41) is 3.53. The fourth-order valence-electron chi connectivity index (χ4n) is 2.97. The predicted octanol–water partition coefficient (Wildman–Crippen LogP) is 7.29. The normalized spacial score (nSPS) is 11.1. The van der Waals surface area contributed by atoms with Gasteiger partial charge in [0.25, 0.3) is 5.91 Å². The highest BCUT2D eigenvalue weighted by molar-refractivity contribution is 9.10. The van der Waals surface area contributed by atoms with Crippen molar-refractivity contribution >= 4 is 56.7 Å². The van der Waals surface area contributed by atoms with Crippen LogP contribution in [0.1, 0.15) is 36.7 Å². The maximum atomic E-state index is 12.5. The first-order valence-electron chi connectivity index (χ1n) is 10.0. The monoisotopic (exact) mass is 549 g/mol. The van der Waals surface area contributed by atoms with Crippen molar-refractivity contribution < 1.29 is 19.1 Å². The summed E-state index contributed by atoms with van der Waals surface area (Å²) in [6, 6.07) is 16.6. The molecule has 1 N–H and O–H groups in total. The predicted molar refractivity (Wildman–Crippen MR) is 135 cm³/mol. The van der Waals surface area contributed by atoms with Crippen molar-refractivity contribution in [3.8, 4) is 11.5 Å². The third kappa shape index (κ3) is 6.97. The highest BCUT2D eigenvalue weighted by Crippen LogP contribution is 2.33. The van der Waals surface area contributed by atoms with E-state index in [0.717, 1.165) is 10.0 Å². The lowest BCUT2D eigenvalue weighted by atomic mass is 9.86. The van der Waals surface area contributed by atoms with Crippen LogP contribution in [0.4, 0.5) is 5.69 Å². The molecule has 0 unspecified atom stereocenters. The largest absolute Gasteiger partial charge is 0.482 e. The topological polar surface area (TPSA) is 64.6 Å². The van der Waals surface area contributed by atoms with Gasteiger partial charge in [-0.1, -0.05) is 59.9 Å². The van der Waals surface area contributed by atoms with Gasteiger partial charge in [0.05, 0.1) is 10.7 Å². The molecular weight excluding hydrogens is 529 g/mol. The van der Waals surface area contributed by atoms with Gasteiger partial charge in [-0.2, -0.15) is 0 Å². The van der Waals surface area contributed by atoms with E-state index in [0.29, 0.717) is 32.8 Å². The zero-order chi connectivity index (χ0) is 24.2. The number of benzene rings is 3. The second kappa shape index (κ2) is 10.6. The minimum atomic E-state index is -0.555. The Hall–Kier alpha value is -2.54. The smallest absolute Gasteiger partial charge is 0.349 e. The van der Waals surface area contributed by atoms with Crippen molar-refractivity contribution in [2.24, 2.45) is 0 Å². The molecule has 3 aromatic carbocycles. The molecule has 0 saturated heterocycles.